The van der Waals surface area contributed by atoms with Crippen LogP contribution in [-0.2, 0) is 13.1 Å². The second-order valence-corrected chi connectivity index (χ2v) is 8.98. The predicted molar refractivity (Wildman–Crippen MR) is 137 cm³/mol. The lowest BCUT2D eigenvalue weighted by Gasteiger charge is -2.08. The number of aromatic nitrogens is 2. The number of ether oxygens (including phenoxy) is 2. The average Bonchev–Trinajstić information content (AvgIpc) is 3.22. The van der Waals surface area contributed by atoms with Crippen molar-refractivity contribution in [3.8, 4) is 34.0 Å². The second kappa shape index (κ2) is 15.2. The van der Waals surface area contributed by atoms with Gasteiger partial charge < -0.3 is 31.6 Å². The van der Waals surface area contributed by atoms with Crippen LogP contribution in [0.3, 0.4) is 0 Å². The Balaban J connectivity index is 0.00000408. The minimum Gasteiger partial charge on any atom is -1.00 e. The number of aryl methyl sites for hydroxylation is 2. The topological polar surface area (TPSA) is 47.5 Å². The summed E-state index contributed by atoms with van der Waals surface area (Å²) in [6, 6.07) is 16.7. The van der Waals surface area contributed by atoms with Crippen LogP contribution in [0.15, 0.2) is 54.9 Å². The third kappa shape index (κ3) is 7.59. The Morgan fingerprint density at radius 1 is 0.794 bits per heavy atom. The first-order valence-corrected chi connectivity index (χ1v) is 12.9. The highest BCUT2D eigenvalue weighted by Crippen LogP contribution is 2.33. The highest BCUT2D eigenvalue weighted by atomic mass is 79.9. The van der Waals surface area contributed by atoms with E-state index in [-0.39, 0.29) is 23.6 Å². The number of halogens is 2. The quantitative estimate of drug-likeness (QED) is 0.177. The standard InChI is InChI=1S/C27H36BrN2O3.BrH/c1-32-24-13-9-22(10-14-24)26-27(23-11-15-25(33-2)16-12-23)30(19-7-4-8-20-31)21-29(26)18-6-3-5-17-28;/h9-16,21,31H,3-8,17-20H2,1-2H3;1H/q+1;/p-1. The first kappa shape index (κ1) is 28.4. The lowest BCUT2D eigenvalue weighted by Crippen LogP contribution is -3.00. The molecule has 0 saturated carbocycles. The zero-order valence-electron chi connectivity index (χ0n) is 20.2. The molecule has 0 amide bonds. The Hall–Kier alpha value is -1.83. The van der Waals surface area contributed by atoms with Crippen LogP contribution in [-0.4, -0.2) is 35.8 Å². The summed E-state index contributed by atoms with van der Waals surface area (Å²) >= 11 is 3.55. The van der Waals surface area contributed by atoms with Crippen molar-refractivity contribution in [1.29, 1.82) is 0 Å². The molecule has 0 aliphatic rings. The Labute approximate surface area is 222 Å². The molecular weight excluding hydrogens is 560 g/mol. The van der Waals surface area contributed by atoms with Crippen LogP contribution < -0.4 is 31.0 Å². The summed E-state index contributed by atoms with van der Waals surface area (Å²) in [5.74, 6) is 1.71. The fourth-order valence-corrected chi connectivity index (χ4v) is 4.52. The Bertz CT molecular complexity index is 895. The van der Waals surface area contributed by atoms with Crippen LogP contribution in [0.4, 0.5) is 0 Å². The molecule has 0 unspecified atom stereocenters. The van der Waals surface area contributed by atoms with E-state index in [0.717, 1.165) is 55.6 Å². The fourth-order valence-electron chi connectivity index (χ4n) is 4.12. The molecule has 0 fully saturated rings. The Morgan fingerprint density at radius 3 is 1.94 bits per heavy atom. The molecule has 0 bridgehead atoms. The molecule has 2 aromatic carbocycles. The van der Waals surface area contributed by atoms with Crippen LogP contribution >= 0.6 is 15.9 Å². The predicted octanol–water partition coefficient (Wildman–Crippen LogP) is 2.86. The molecule has 0 aliphatic carbocycles. The summed E-state index contributed by atoms with van der Waals surface area (Å²) < 4.78 is 15.6. The molecule has 3 aromatic rings. The molecular formula is C27H36Br2N2O3. The van der Waals surface area contributed by atoms with Crippen molar-refractivity contribution in [3.05, 3.63) is 54.9 Å². The summed E-state index contributed by atoms with van der Waals surface area (Å²) in [4.78, 5) is 0. The molecule has 1 heterocycles. The number of aliphatic hydroxyl groups excluding tert-OH is 1. The van der Waals surface area contributed by atoms with E-state index in [1.807, 2.05) is 24.3 Å². The number of rotatable bonds is 14. The molecule has 7 heteroatoms. The summed E-state index contributed by atoms with van der Waals surface area (Å²) in [6.45, 7) is 2.14. The van der Waals surface area contributed by atoms with E-state index in [2.05, 4.69) is 55.7 Å². The van der Waals surface area contributed by atoms with Gasteiger partial charge in [-0.25, -0.2) is 9.13 Å². The van der Waals surface area contributed by atoms with Gasteiger partial charge in [0, 0.05) is 23.1 Å². The van der Waals surface area contributed by atoms with Gasteiger partial charge in [-0.15, -0.1) is 0 Å². The van der Waals surface area contributed by atoms with Crippen molar-refractivity contribution < 1.29 is 36.1 Å². The number of imidazole rings is 1. The highest BCUT2D eigenvalue weighted by molar-refractivity contribution is 9.09. The van der Waals surface area contributed by atoms with Gasteiger partial charge in [-0.3, -0.25) is 0 Å². The van der Waals surface area contributed by atoms with Crippen molar-refractivity contribution in [3.63, 3.8) is 0 Å². The van der Waals surface area contributed by atoms with Gasteiger partial charge in [0.05, 0.1) is 27.3 Å². The molecule has 5 nitrogen and oxygen atoms in total. The van der Waals surface area contributed by atoms with Gasteiger partial charge in [0.2, 0.25) is 6.33 Å². The summed E-state index contributed by atoms with van der Waals surface area (Å²) in [7, 11) is 3.40. The molecule has 34 heavy (non-hydrogen) atoms. The first-order chi connectivity index (χ1) is 16.2. The molecule has 186 valence electrons. The largest absolute Gasteiger partial charge is 1.00 e. The number of unbranched alkanes of at least 4 members (excludes halogenated alkanes) is 4. The van der Waals surface area contributed by atoms with Crippen molar-refractivity contribution in [2.45, 2.75) is 51.6 Å². The van der Waals surface area contributed by atoms with Gasteiger partial charge in [0.1, 0.15) is 11.5 Å². The number of hydrogen-bond donors (Lipinski definition) is 1. The number of methoxy groups -OCH3 is 2. The van der Waals surface area contributed by atoms with E-state index in [9.17, 15) is 5.11 Å². The maximum atomic E-state index is 9.19. The van der Waals surface area contributed by atoms with Crippen molar-refractivity contribution in [2.75, 3.05) is 26.2 Å². The number of alkyl halides is 1. The molecule has 3 rings (SSSR count). The van der Waals surface area contributed by atoms with Gasteiger partial charge in [-0.2, -0.15) is 0 Å². The van der Waals surface area contributed by atoms with E-state index in [1.165, 1.54) is 35.4 Å². The number of hydrogen-bond acceptors (Lipinski definition) is 3. The van der Waals surface area contributed by atoms with Gasteiger partial charge in [0.25, 0.3) is 0 Å². The van der Waals surface area contributed by atoms with Gasteiger partial charge >= 0.3 is 0 Å². The van der Waals surface area contributed by atoms with Gasteiger partial charge in [-0.1, -0.05) is 15.9 Å². The normalized spacial score (nSPS) is 10.7. The van der Waals surface area contributed by atoms with E-state index < -0.39 is 0 Å². The smallest absolute Gasteiger partial charge is 0.244 e. The lowest BCUT2D eigenvalue weighted by molar-refractivity contribution is -0.686. The molecule has 0 radical (unpaired) electrons. The van der Waals surface area contributed by atoms with Gasteiger partial charge in [-0.05, 0) is 87.1 Å². The van der Waals surface area contributed by atoms with Crippen LogP contribution in [0, 0.1) is 0 Å². The van der Waals surface area contributed by atoms with Crippen LogP contribution in [0.25, 0.3) is 22.5 Å². The third-order valence-corrected chi connectivity index (χ3v) is 6.45. The minimum absolute atomic E-state index is 0. The average molecular weight is 596 g/mol. The maximum absolute atomic E-state index is 9.19. The van der Waals surface area contributed by atoms with Crippen molar-refractivity contribution >= 4 is 15.9 Å². The van der Waals surface area contributed by atoms with Crippen LogP contribution in [0.2, 0.25) is 0 Å². The van der Waals surface area contributed by atoms with Crippen LogP contribution in [0.5, 0.6) is 11.5 Å². The number of benzene rings is 2. The minimum atomic E-state index is 0. The first-order valence-electron chi connectivity index (χ1n) is 11.8. The number of nitrogens with zero attached hydrogens (tertiary/aromatic N) is 2. The monoisotopic (exact) mass is 594 g/mol. The molecule has 0 aliphatic heterocycles. The third-order valence-electron chi connectivity index (χ3n) is 5.89. The van der Waals surface area contributed by atoms with E-state index in [1.54, 1.807) is 14.2 Å². The molecule has 1 aromatic heterocycles. The lowest BCUT2D eigenvalue weighted by atomic mass is 10.0. The van der Waals surface area contributed by atoms with E-state index >= 15 is 0 Å². The van der Waals surface area contributed by atoms with Crippen LogP contribution in [0.1, 0.15) is 38.5 Å². The van der Waals surface area contributed by atoms with Crippen molar-refractivity contribution in [2.24, 2.45) is 0 Å². The van der Waals surface area contributed by atoms with Gasteiger partial charge in [0.15, 0.2) is 11.4 Å². The molecule has 0 saturated heterocycles. The SMILES string of the molecule is COc1ccc(-c2c(-c3ccc(OC)cc3)[n+](CCCCCBr)cn2CCCCCO)cc1.[Br-]. The van der Waals surface area contributed by atoms with E-state index in [0.29, 0.717) is 0 Å². The number of aliphatic hydroxyl groups is 1. The maximum Gasteiger partial charge on any atom is 0.244 e. The Morgan fingerprint density at radius 2 is 1.38 bits per heavy atom. The molecule has 0 spiro atoms. The summed E-state index contributed by atoms with van der Waals surface area (Å²) in [5.41, 5.74) is 4.79. The Kier molecular flexibility index (Phi) is 12.7. The summed E-state index contributed by atoms with van der Waals surface area (Å²) in [6.07, 6.45) is 8.68. The second-order valence-electron chi connectivity index (χ2n) is 8.19. The fraction of sp³-hybridized carbons (Fsp3) is 0.444. The van der Waals surface area contributed by atoms with E-state index in [4.69, 9.17) is 9.47 Å². The highest BCUT2D eigenvalue weighted by Gasteiger charge is 2.26. The molecule has 1 N–H and O–H groups in total. The molecule has 0 atom stereocenters. The summed E-state index contributed by atoms with van der Waals surface area (Å²) in [5, 5.41) is 10.2. The zero-order chi connectivity index (χ0) is 23.5. The zero-order valence-corrected chi connectivity index (χ0v) is 23.4. The van der Waals surface area contributed by atoms with Crippen molar-refractivity contribution in [1.82, 2.24) is 4.57 Å².